The van der Waals surface area contributed by atoms with E-state index in [1.165, 1.54) is 15.8 Å². The third-order valence-corrected chi connectivity index (χ3v) is 6.92. The van der Waals surface area contributed by atoms with Crippen molar-refractivity contribution < 1.29 is 14.3 Å². The third-order valence-electron chi connectivity index (χ3n) is 5.72. The molecule has 2 aliphatic rings. The second kappa shape index (κ2) is 7.81. The Morgan fingerprint density at radius 2 is 2.16 bits per heavy atom. The molecule has 3 aromatic rings. The van der Waals surface area contributed by atoms with Crippen molar-refractivity contribution in [1.29, 1.82) is 0 Å². The normalized spacial score (nSPS) is 17.5. The fourth-order valence-corrected chi connectivity index (χ4v) is 5.29. The molecule has 2 amide bonds. The summed E-state index contributed by atoms with van der Waals surface area (Å²) in [4.78, 5) is 43.8. The Balaban J connectivity index is 1.28. The van der Waals surface area contributed by atoms with Crippen LogP contribution in [0.15, 0.2) is 29.3 Å². The van der Waals surface area contributed by atoms with Gasteiger partial charge in [-0.05, 0) is 56.4 Å². The molecule has 0 fully saturated rings. The molecule has 0 spiro atoms. The SMILES string of the molecule is C[C@@H]1Oc2ccc(NC(=O)CCn3cnc4sc5c(c4c3=O)CCCC5)cc2NC1=O. The fraction of sp³-hybridized carbons (Fsp3) is 0.364. The minimum absolute atomic E-state index is 0.0695. The van der Waals surface area contributed by atoms with E-state index in [2.05, 4.69) is 15.6 Å². The quantitative estimate of drug-likeness (QED) is 0.652. The van der Waals surface area contributed by atoms with E-state index in [9.17, 15) is 14.4 Å². The average molecular weight is 439 g/mol. The van der Waals surface area contributed by atoms with Crippen LogP contribution in [0.5, 0.6) is 5.75 Å². The Labute approximate surface area is 182 Å². The number of nitrogens with one attached hydrogen (secondary N) is 2. The number of amides is 2. The van der Waals surface area contributed by atoms with Crippen molar-refractivity contribution in [3.8, 4) is 5.75 Å². The number of aromatic nitrogens is 2. The van der Waals surface area contributed by atoms with Gasteiger partial charge in [-0.15, -0.1) is 11.3 Å². The van der Waals surface area contributed by atoms with Crippen LogP contribution in [0, 0.1) is 0 Å². The lowest BCUT2D eigenvalue weighted by molar-refractivity contribution is -0.122. The van der Waals surface area contributed by atoms with Crippen LogP contribution in [-0.2, 0) is 29.0 Å². The molecule has 0 saturated carbocycles. The number of hydrogen-bond donors (Lipinski definition) is 2. The molecule has 3 heterocycles. The number of thiophene rings is 1. The Morgan fingerprint density at radius 1 is 1.32 bits per heavy atom. The lowest BCUT2D eigenvalue weighted by atomic mass is 9.97. The summed E-state index contributed by atoms with van der Waals surface area (Å²) >= 11 is 1.62. The summed E-state index contributed by atoms with van der Waals surface area (Å²) in [6.45, 7) is 1.93. The average Bonchev–Trinajstić information content (AvgIpc) is 3.14. The zero-order valence-corrected chi connectivity index (χ0v) is 17.9. The first-order valence-electron chi connectivity index (χ1n) is 10.4. The Hall–Kier alpha value is -3.20. The van der Waals surface area contributed by atoms with Crippen molar-refractivity contribution in [2.75, 3.05) is 10.6 Å². The van der Waals surface area contributed by atoms with Crippen LogP contribution in [0.2, 0.25) is 0 Å². The van der Waals surface area contributed by atoms with Crippen LogP contribution in [0.25, 0.3) is 10.2 Å². The molecule has 1 atom stereocenters. The molecular formula is C22H22N4O4S. The van der Waals surface area contributed by atoms with Gasteiger partial charge in [0.25, 0.3) is 11.5 Å². The number of hydrogen-bond acceptors (Lipinski definition) is 6. The first-order chi connectivity index (χ1) is 15.0. The molecule has 9 heteroatoms. The van der Waals surface area contributed by atoms with Gasteiger partial charge in [0, 0.05) is 23.5 Å². The first kappa shape index (κ1) is 19.7. The van der Waals surface area contributed by atoms with Gasteiger partial charge in [-0.25, -0.2) is 4.98 Å². The van der Waals surface area contributed by atoms with Crippen molar-refractivity contribution in [2.24, 2.45) is 0 Å². The first-order valence-corrected chi connectivity index (χ1v) is 11.2. The molecule has 0 radical (unpaired) electrons. The summed E-state index contributed by atoms with van der Waals surface area (Å²) in [5, 5.41) is 6.29. The second-order valence-corrected chi connectivity index (χ2v) is 8.98. The van der Waals surface area contributed by atoms with Crippen molar-refractivity contribution in [1.82, 2.24) is 9.55 Å². The van der Waals surface area contributed by atoms with E-state index >= 15 is 0 Å². The van der Waals surface area contributed by atoms with E-state index < -0.39 is 6.10 Å². The predicted octanol–water partition coefficient (Wildman–Crippen LogP) is 3.09. The minimum Gasteiger partial charge on any atom is -0.479 e. The maximum Gasteiger partial charge on any atom is 0.265 e. The van der Waals surface area contributed by atoms with Crippen LogP contribution in [0.4, 0.5) is 11.4 Å². The molecular weight excluding hydrogens is 416 g/mol. The predicted molar refractivity (Wildman–Crippen MR) is 119 cm³/mol. The lowest BCUT2D eigenvalue weighted by Crippen LogP contribution is -2.34. The van der Waals surface area contributed by atoms with Crippen molar-refractivity contribution in [2.45, 2.75) is 51.7 Å². The van der Waals surface area contributed by atoms with Gasteiger partial charge in [0.2, 0.25) is 5.91 Å². The maximum absolute atomic E-state index is 13.0. The Morgan fingerprint density at radius 3 is 3.03 bits per heavy atom. The third kappa shape index (κ3) is 3.69. The highest BCUT2D eigenvalue weighted by Crippen LogP contribution is 2.34. The summed E-state index contributed by atoms with van der Waals surface area (Å²) < 4.78 is 7.04. The van der Waals surface area contributed by atoms with Crippen molar-refractivity contribution in [3.63, 3.8) is 0 Å². The van der Waals surface area contributed by atoms with Crippen molar-refractivity contribution in [3.05, 3.63) is 45.3 Å². The molecule has 1 aliphatic carbocycles. The number of rotatable bonds is 4. The molecule has 160 valence electrons. The highest BCUT2D eigenvalue weighted by Gasteiger charge is 2.24. The molecule has 0 unspecified atom stereocenters. The second-order valence-electron chi connectivity index (χ2n) is 7.89. The van der Waals surface area contributed by atoms with E-state index in [1.807, 2.05) is 0 Å². The molecule has 1 aliphatic heterocycles. The summed E-state index contributed by atoms with van der Waals surface area (Å²) in [6.07, 6.45) is 5.32. The summed E-state index contributed by atoms with van der Waals surface area (Å²) in [5.74, 6) is 0.111. The van der Waals surface area contributed by atoms with Gasteiger partial charge >= 0.3 is 0 Å². The molecule has 2 aromatic heterocycles. The summed E-state index contributed by atoms with van der Waals surface area (Å²) in [5.41, 5.74) is 2.15. The van der Waals surface area contributed by atoms with Crippen LogP contribution < -0.4 is 20.9 Å². The molecule has 5 rings (SSSR count). The number of benzene rings is 1. The van der Waals surface area contributed by atoms with Crippen LogP contribution >= 0.6 is 11.3 Å². The van der Waals surface area contributed by atoms with Gasteiger partial charge in [-0.1, -0.05) is 0 Å². The van der Waals surface area contributed by atoms with Gasteiger partial charge < -0.3 is 15.4 Å². The smallest absolute Gasteiger partial charge is 0.265 e. The van der Waals surface area contributed by atoms with Gasteiger partial charge in [-0.3, -0.25) is 19.0 Å². The van der Waals surface area contributed by atoms with Crippen LogP contribution in [-0.4, -0.2) is 27.5 Å². The lowest BCUT2D eigenvalue weighted by Gasteiger charge is -2.23. The zero-order valence-electron chi connectivity index (χ0n) is 17.1. The Bertz CT molecular complexity index is 1260. The number of carbonyl (C=O) groups excluding carboxylic acids is 2. The molecule has 1 aromatic carbocycles. The van der Waals surface area contributed by atoms with E-state index in [-0.39, 0.29) is 30.3 Å². The number of fused-ring (bicyclic) bond motifs is 4. The highest BCUT2D eigenvalue weighted by molar-refractivity contribution is 7.18. The van der Waals surface area contributed by atoms with E-state index in [0.717, 1.165) is 41.5 Å². The monoisotopic (exact) mass is 438 g/mol. The van der Waals surface area contributed by atoms with E-state index in [1.54, 1.807) is 36.5 Å². The fourth-order valence-electron chi connectivity index (χ4n) is 4.07. The molecule has 8 nitrogen and oxygen atoms in total. The van der Waals surface area contributed by atoms with Crippen molar-refractivity contribution >= 4 is 44.7 Å². The number of aryl methyl sites for hydroxylation is 3. The van der Waals surface area contributed by atoms with Gasteiger partial charge in [0.05, 0.1) is 17.4 Å². The number of carbonyl (C=O) groups is 2. The van der Waals surface area contributed by atoms with Gasteiger partial charge in [0.15, 0.2) is 6.10 Å². The number of ether oxygens (including phenoxy) is 1. The topological polar surface area (TPSA) is 102 Å². The minimum atomic E-state index is -0.550. The molecule has 2 N–H and O–H groups in total. The van der Waals surface area contributed by atoms with E-state index in [0.29, 0.717) is 17.1 Å². The standard InChI is InChI=1S/C22H22N4O4S/c1-12-20(28)25-15-10-13(6-7-16(15)30-12)24-18(27)8-9-26-11-23-21-19(22(26)29)14-4-2-3-5-17(14)31-21/h6-7,10-12H,2-5,8-9H2,1H3,(H,24,27)(H,25,28)/t12-/m0/s1. The number of nitrogens with zero attached hydrogens (tertiary/aromatic N) is 2. The Kier molecular flexibility index (Phi) is 4.97. The van der Waals surface area contributed by atoms with Crippen LogP contribution in [0.1, 0.15) is 36.6 Å². The highest BCUT2D eigenvalue weighted by atomic mass is 32.1. The van der Waals surface area contributed by atoms with Crippen LogP contribution in [0.3, 0.4) is 0 Å². The summed E-state index contributed by atoms with van der Waals surface area (Å²) in [7, 11) is 0. The number of anilines is 2. The largest absolute Gasteiger partial charge is 0.479 e. The molecule has 31 heavy (non-hydrogen) atoms. The molecule has 0 bridgehead atoms. The summed E-state index contributed by atoms with van der Waals surface area (Å²) in [6, 6.07) is 5.09. The van der Waals surface area contributed by atoms with Gasteiger partial charge in [-0.2, -0.15) is 0 Å². The zero-order chi connectivity index (χ0) is 21.5. The van der Waals surface area contributed by atoms with Gasteiger partial charge in [0.1, 0.15) is 10.6 Å². The maximum atomic E-state index is 13.0. The molecule has 0 saturated heterocycles. The van der Waals surface area contributed by atoms with E-state index in [4.69, 9.17) is 4.74 Å².